The second kappa shape index (κ2) is 7.85. The van der Waals surface area contributed by atoms with Gasteiger partial charge in [0.1, 0.15) is 5.75 Å². The van der Waals surface area contributed by atoms with Crippen LogP contribution in [0.25, 0.3) is 0 Å². The number of nitrogens with one attached hydrogen (secondary N) is 1. The van der Waals surface area contributed by atoms with E-state index in [-0.39, 0.29) is 5.91 Å². The standard InChI is InChI=1S/C18H20ClNO2/c1-3-13-7-5-6-8-16(13)20-18(21)17(4-2)22-15-11-9-14(19)10-12-15/h5-12,17H,3-4H2,1-2H3,(H,20,21). The molecule has 1 unspecified atom stereocenters. The van der Waals surface area contributed by atoms with Gasteiger partial charge >= 0.3 is 0 Å². The number of para-hydroxylation sites is 1. The van der Waals surface area contributed by atoms with E-state index >= 15 is 0 Å². The second-order valence-corrected chi connectivity index (χ2v) is 5.41. The van der Waals surface area contributed by atoms with Crippen molar-refractivity contribution in [2.45, 2.75) is 32.8 Å². The van der Waals surface area contributed by atoms with E-state index in [2.05, 4.69) is 12.2 Å². The molecule has 0 fully saturated rings. The second-order valence-electron chi connectivity index (χ2n) is 4.97. The Kier molecular flexibility index (Phi) is 5.84. The molecule has 116 valence electrons. The lowest BCUT2D eigenvalue weighted by Crippen LogP contribution is -2.32. The molecule has 1 N–H and O–H groups in total. The Labute approximate surface area is 136 Å². The van der Waals surface area contributed by atoms with E-state index in [9.17, 15) is 4.79 Å². The summed E-state index contributed by atoms with van der Waals surface area (Å²) in [5.41, 5.74) is 1.95. The van der Waals surface area contributed by atoms with Crippen molar-refractivity contribution in [3.63, 3.8) is 0 Å². The van der Waals surface area contributed by atoms with Crippen LogP contribution in [0, 0.1) is 0 Å². The minimum absolute atomic E-state index is 0.140. The van der Waals surface area contributed by atoms with Crippen LogP contribution in [0.3, 0.4) is 0 Å². The number of amides is 1. The Balaban J connectivity index is 2.07. The van der Waals surface area contributed by atoms with Gasteiger partial charge < -0.3 is 10.1 Å². The molecule has 0 spiro atoms. The first-order chi connectivity index (χ1) is 10.6. The van der Waals surface area contributed by atoms with Gasteiger partial charge in [0.25, 0.3) is 5.91 Å². The number of rotatable bonds is 6. The fourth-order valence-corrected chi connectivity index (χ4v) is 2.29. The number of ether oxygens (including phenoxy) is 1. The Morgan fingerprint density at radius 2 is 1.82 bits per heavy atom. The summed E-state index contributed by atoms with van der Waals surface area (Å²) in [7, 11) is 0. The minimum atomic E-state index is -0.536. The molecule has 0 saturated carbocycles. The Hall–Kier alpha value is -2.00. The van der Waals surface area contributed by atoms with Crippen LogP contribution in [0.4, 0.5) is 5.69 Å². The third-order valence-electron chi connectivity index (χ3n) is 3.41. The lowest BCUT2D eigenvalue weighted by atomic mass is 10.1. The third kappa shape index (κ3) is 4.25. The summed E-state index contributed by atoms with van der Waals surface area (Å²) in [6.45, 7) is 3.98. The maximum atomic E-state index is 12.4. The Morgan fingerprint density at radius 1 is 1.14 bits per heavy atom. The van der Waals surface area contributed by atoms with Gasteiger partial charge in [-0.1, -0.05) is 43.6 Å². The maximum Gasteiger partial charge on any atom is 0.265 e. The van der Waals surface area contributed by atoms with Crippen LogP contribution in [0.5, 0.6) is 5.75 Å². The molecular formula is C18H20ClNO2. The van der Waals surface area contributed by atoms with E-state index in [1.54, 1.807) is 24.3 Å². The summed E-state index contributed by atoms with van der Waals surface area (Å²) >= 11 is 5.85. The molecule has 22 heavy (non-hydrogen) atoms. The Morgan fingerprint density at radius 3 is 2.45 bits per heavy atom. The number of hydrogen-bond donors (Lipinski definition) is 1. The van der Waals surface area contributed by atoms with Gasteiger partial charge in [-0.25, -0.2) is 0 Å². The lowest BCUT2D eigenvalue weighted by Gasteiger charge is -2.18. The van der Waals surface area contributed by atoms with Gasteiger partial charge in [-0.3, -0.25) is 4.79 Å². The molecule has 2 aromatic carbocycles. The van der Waals surface area contributed by atoms with E-state index in [0.29, 0.717) is 17.2 Å². The average molecular weight is 318 g/mol. The predicted molar refractivity (Wildman–Crippen MR) is 90.6 cm³/mol. The summed E-state index contributed by atoms with van der Waals surface area (Å²) in [6, 6.07) is 14.8. The van der Waals surface area contributed by atoms with E-state index in [1.165, 1.54) is 0 Å². The highest BCUT2D eigenvalue weighted by Gasteiger charge is 2.19. The van der Waals surface area contributed by atoms with Crippen LogP contribution in [-0.4, -0.2) is 12.0 Å². The van der Waals surface area contributed by atoms with E-state index in [4.69, 9.17) is 16.3 Å². The first kappa shape index (κ1) is 16.4. The van der Waals surface area contributed by atoms with Gasteiger partial charge in [0, 0.05) is 10.7 Å². The number of carbonyl (C=O) groups is 1. The molecule has 1 atom stereocenters. The smallest absolute Gasteiger partial charge is 0.265 e. The molecule has 0 heterocycles. The molecule has 0 saturated heterocycles. The molecule has 0 radical (unpaired) electrons. The van der Waals surface area contributed by atoms with Crippen molar-refractivity contribution in [3.05, 3.63) is 59.1 Å². The van der Waals surface area contributed by atoms with Crippen LogP contribution in [0.1, 0.15) is 25.8 Å². The third-order valence-corrected chi connectivity index (χ3v) is 3.66. The Bertz CT molecular complexity index is 625. The zero-order valence-electron chi connectivity index (χ0n) is 12.8. The molecule has 2 aromatic rings. The van der Waals surface area contributed by atoms with Crippen LogP contribution < -0.4 is 10.1 Å². The van der Waals surface area contributed by atoms with Crippen LogP contribution in [-0.2, 0) is 11.2 Å². The molecular weight excluding hydrogens is 298 g/mol. The highest BCUT2D eigenvalue weighted by molar-refractivity contribution is 6.30. The summed E-state index contributed by atoms with van der Waals surface area (Å²) in [5, 5.41) is 3.59. The maximum absolute atomic E-state index is 12.4. The topological polar surface area (TPSA) is 38.3 Å². The largest absolute Gasteiger partial charge is 0.481 e. The van der Waals surface area contributed by atoms with Crippen molar-refractivity contribution >= 4 is 23.2 Å². The average Bonchev–Trinajstić information content (AvgIpc) is 2.54. The van der Waals surface area contributed by atoms with Gasteiger partial charge in [-0.05, 0) is 48.7 Å². The number of carbonyl (C=O) groups excluding carboxylic acids is 1. The molecule has 2 rings (SSSR count). The number of benzene rings is 2. The zero-order valence-corrected chi connectivity index (χ0v) is 13.6. The number of hydrogen-bond acceptors (Lipinski definition) is 2. The highest BCUT2D eigenvalue weighted by Crippen LogP contribution is 2.20. The number of aryl methyl sites for hydroxylation is 1. The van der Waals surface area contributed by atoms with E-state index < -0.39 is 6.10 Å². The highest BCUT2D eigenvalue weighted by atomic mass is 35.5. The number of halogens is 1. The summed E-state index contributed by atoms with van der Waals surface area (Å²) in [6.07, 6.45) is 0.916. The fourth-order valence-electron chi connectivity index (χ4n) is 2.16. The number of anilines is 1. The minimum Gasteiger partial charge on any atom is -0.481 e. The van der Waals surface area contributed by atoms with Crippen molar-refractivity contribution in [2.75, 3.05) is 5.32 Å². The van der Waals surface area contributed by atoms with Gasteiger partial charge in [0.2, 0.25) is 0 Å². The van der Waals surface area contributed by atoms with Gasteiger partial charge in [-0.15, -0.1) is 0 Å². The van der Waals surface area contributed by atoms with E-state index in [0.717, 1.165) is 17.7 Å². The normalized spacial score (nSPS) is 11.8. The summed E-state index contributed by atoms with van der Waals surface area (Å²) in [4.78, 5) is 12.4. The molecule has 1 amide bonds. The van der Waals surface area contributed by atoms with Crippen LogP contribution in [0.15, 0.2) is 48.5 Å². The molecule has 0 aromatic heterocycles. The molecule has 0 aliphatic heterocycles. The van der Waals surface area contributed by atoms with Gasteiger partial charge in [-0.2, -0.15) is 0 Å². The molecule has 4 heteroatoms. The predicted octanol–water partition coefficient (Wildman–Crippen LogP) is 4.70. The summed E-state index contributed by atoms with van der Waals surface area (Å²) < 4.78 is 5.76. The first-order valence-electron chi connectivity index (χ1n) is 7.45. The molecule has 3 nitrogen and oxygen atoms in total. The fraction of sp³-hybridized carbons (Fsp3) is 0.278. The van der Waals surface area contributed by atoms with Gasteiger partial charge in [0.15, 0.2) is 6.10 Å². The first-order valence-corrected chi connectivity index (χ1v) is 7.82. The van der Waals surface area contributed by atoms with Crippen molar-refractivity contribution in [1.82, 2.24) is 0 Å². The molecule has 0 aliphatic rings. The quantitative estimate of drug-likeness (QED) is 0.838. The zero-order chi connectivity index (χ0) is 15.9. The van der Waals surface area contributed by atoms with Crippen molar-refractivity contribution in [3.8, 4) is 5.75 Å². The van der Waals surface area contributed by atoms with Crippen LogP contribution >= 0.6 is 11.6 Å². The van der Waals surface area contributed by atoms with E-state index in [1.807, 2.05) is 31.2 Å². The van der Waals surface area contributed by atoms with Crippen molar-refractivity contribution in [2.24, 2.45) is 0 Å². The van der Waals surface area contributed by atoms with Crippen molar-refractivity contribution in [1.29, 1.82) is 0 Å². The van der Waals surface area contributed by atoms with Crippen LogP contribution in [0.2, 0.25) is 5.02 Å². The SMILES string of the molecule is CCc1ccccc1NC(=O)C(CC)Oc1ccc(Cl)cc1. The van der Waals surface area contributed by atoms with Gasteiger partial charge in [0.05, 0.1) is 0 Å². The monoisotopic (exact) mass is 317 g/mol. The molecule has 0 aliphatic carbocycles. The summed E-state index contributed by atoms with van der Waals surface area (Å²) in [5.74, 6) is 0.494. The lowest BCUT2D eigenvalue weighted by molar-refractivity contribution is -0.122. The van der Waals surface area contributed by atoms with Crippen molar-refractivity contribution < 1.29 is 9.53 Å². The molecule has 0 bridgehead atoms.